The molecule has 3 amide bonds. The lowest BCUT2D eigenvalue weighted by Gasteiger charge is -2.19. The molecule has 3 N–H and O–H groups in total. The highest BCUT2D eigenvalue weighted by atomic mass is 16.5. The van der Waals surface area contributed by atoms with Crippen LogP contribution in [0, 0.1) is 0 Å². The van der Waals surface area contributed by atoms with Crippen molar-refractivity contribution in [2.45, 2.75) is 43.7 Å². The van der Waals surface area contributed by atoms with Gasteiger partial charge in [-0.3, -0.25) is 4.79 Å². The topological polar surface area (TPSA) is 102 Å². The zero-order valence-electron chi connectivity index (χ0n) is 19.4. The number of benzene rings is 2. The molecular formula is C28H24N4O4. The van der Waals surface area contributed by atoms with E-state index in [4.69, 9.17) is 9.47 Å². The molecule has 7 rings (SSSR count). The number of aromatic nitrogens is 1. The van der Waals surface area contributed by atoms with Crippen molar-refractivity contribution in [1.29, 1.82) is 0 Å². The number of anilines is 1. The third kappa shape index (κ3) is 3.57. The molecule has 36 heavy (non-hydrogen) atoms. The number of ether oxygens (including phenoxy) is 2. The molecule has 180 valence electrons. The molecule has 3 aromatic rings. The van der Waals surface area contributed by atoms with Crippen LogP contribution in [0.5, 0.6) is 17.2 Å². The Hall–Kier alpha value is -4.33. The van der Waals surface area contributed by atoms with Crippen LogP contribution in [0.15, 0.2) is 66.5 Å². The summed E-state index contributed by atoms with van der Waals surface area (Å²) in [6, 6.07) is 15.7. The third-order valence-corrected chi connectivity index (χ3v) is 7.36. The van der Waals surface area contributed by atoms with E-state index in [1.807, 2.05) is 36.4 Å². The van der Waals surface area contributed by atoms with E-state index in [0.717, 1.165) is 35.3 Å². The van der Waals surface area contributed by atoms with Crippen molar-refractivity contribution in [3.8, 4) is 17.2 Å². The number of aryl methyl sites for hydroxylation is 1. The molecule has 2 aliphatic heterocycles. The first kappa shape index (κ1) is 21.0. The van der Waals surface area contributed by atoms with E-state index in [1.165, 1.54) is 11.1 Å². The largest absolute Gasteiger partial charge is 0.485 e. The second kappa shape index (κ2) is 8.12. The zero-order chi connectivity index (χ0) is 24.2. The Morgan fingerprint density at radius 1 is 1.11 bits per heavy atom. The third-order valence-electron chi connectivity index (χ3n) is 7.36. The highest BCUT2D eigenvalue weighted by Crippen LogP contribution is 2.58. The first-order valence-corrected chi connectivity index (χ1v) is 12.2. The number of hydrogen-bond donors (Lipinski definition) is 3. The summed E-state index contributed by atoms with van der Waals surface area (Å²) >= 11 is 0. The number of nitrogens with one attached hydrogen (secondary N) is 3. The molecule has 0 radical (unpaired) electrons. The first-order chi connectivity index (χ1) is 17.6. The van der Waals surface area contributed by atoms with Crippen LogP contribution < -0.4 is 25.4 Å². The van der Waals surface area contributed by atoms with Crippen molar-refractivity contribution >= 4 is 17.8 Å². The fourth-order valence-corrected chi connectivity index (χ4v) is 5.52. The summed E-state index contributed by atoms with van der Waals surface area (Å²) in [5.41, 5.74) is 5.50. The summed E-state index contributed by atoms with van der Waals surface area (Å²) in [4.78, 5) is 28.5. The van der Waals surface area contributed by atoms with E-state index in [0.29, 0.717) is 30.2 Å². The average Bonchev–Trinajstić information content (AvgIpc) is 3.20. The van der Waals surface area contributed by atoms with Gasteiger partial charge in [0.2, 0.25) is 5.91 Å². The summed E-state index contributed by atoms with van der Waals surface area (Å²) in [7, 11) is 0. The van der Waals surface area contributed by atoms with Gasteiger partial charge in [-0.1, -0.05) is 24.3 Å². The van der Waals surface area contributed by atoms with Crippen LogP contribution in [-0.2, 0) is 17.6 Å². The lowest BCUT2D eigenvalue weighted by molar-refractivity contribution is -0.116. The van der Waals surface area contributed by atoms with Gasteiger partial charge in [0, 0.05) is 29.9 Å². The van der Waals surface area contributed by atoms with Gasteiger partial charge in [-0.2, -0.15) is 0 Å². The van der Waals surface area contributed by atoms with Crippen molar-refractivity contribution < 1.29 is 19.1 Å². The number of nitrogens with zero attached hydrogens (tertiary/aromatic N) is 1. The molecule has 8 nitrogen and oxygen atoms in total. The highest BCUT2D eigenvalue weighted by Gasteiger charge is 2.54. The molecule has 1 aromatic heterocycles. The fourth-order valence-electron chi connectivity index (χ4n) is 5.52. The van der Waals surface area contributed by atoms with Gasteiger partial charge in [0.15, 0.2) is 0 Å². The molecule has 8 heteroatoms. The zero-order valence-corrected chi connectivity index (χ0v) is 19.4. The number of hydrogen-bond acceptors (Lipinski definition) is 5. The minimum absolute atomic E-state index is 0.0312. The molecule has 3 unspecified atom stereocenters. The van der Waals surface area contributed by atoms with Gasteiger partial charge in [-0.05, 0) is 60.2 Å². The number of rotatable bonds is 4. The summed E-state index contributed by atoms with van der Waals surface area (Å²) in [5.74, 6) is 2.86. The molecule has 2 aromatic carbocycles. The molecule has 4 aliphatic rings. The molecular weight excluding hydrogens is 456 g/mol. The molecule has 0 spiro atoms. The average molecular weight is 481 g/mol. The summed E-state index contributed by atoms with van der Waals surface area (Å²) in [5, 5.41) is 8.77. The molecule has 1 saturated carbocycles. The van der Waals surface area contributed by atoms with Crippen LogP contribution >= 0.6 is 0 Å². The Morgan fingerprint density at radius 2 is 2.03 bits per heavy atom. The van der Waals surface area contributed by atoms with E-state index < -0.39 is 0 Å². The van der Waals surface area contributed by atoms with Crippen molar-refractivity contribution in [3.63, 3.8) is 0 Å². The number of urea groups is 1. The predicted molar refractivity (Wildman–Crippen MR) is 132 cm³/mol. The maximum atomic E-state index is 12.5. The number of pyridine rings is 1. The summed E-state index contributed by atoms with van der Waals surface area (Å²) in [6.07, 6.45) is 6.26. The lowest BCUT2D eigenvalue weighted by atomic mass is 10.1. The maximum absolute atomic E-state index is 12.5. The van der Waals surface area contributed by atoms with Crippen molar-refractivity contribution in [3.05, 3.63) is 88.8 Å². The summed E-state index contributed by atoms with van der Waals surface area (Å²) in [6.45, 7) is 0. The smallest absolute Gasteiger partial charge is 0.319 e. The summed E-state index contributed by atoms with van der Waals surface area (Å²) < 4.78 is 12.3. The molecule has 3 atom stereocenters. The Balaban J connectivity index is 1.03. The molecule has 0 bridgehead atoms. The Bertz CT molecular complexity index is 1450. The number of carbonyl (C=O) groups is 2. The number of amides is 3. The minimum atomic E-state index is -0.207. The number of carbonyl (C=O) groups excluding carboxylic acids is 2. The van der Waals surface area contributed by atoms with Gasteiger partial charge >= 0.3 is 6.03 Å². The van der Waals surface area contributed by atoms with Crippen LogP contribution in [0.4, 0.5) is 10.6 Å². The van der Waals surface area contributed by atoms with E-state index in [-0.39, 0.29) is 30.0 Å². The van der Waals surface area contributed by atoms with Gasteiger partial charge < -0.3 is 25.4 Å². The van der Waals surface area contributed by atoms with E-state index in [1.54, 1.807) is 12.4 Å². The fraction of sp³-hybridized carbons (Fsp3) is 0.250. The van der Waals surface area contributed by atoms with Crippen molar-refractivity contribution in [2.75, 3.05) is 5.32 Å². The molecule has 0 saturated heterocycles. The SMILES string of the molecule is O=C1CCc2c(Oc3ccc4c(c3)C3C(=CNC(=O)NC5CCc6ccccc65)C3O4)ccnc2N1. The van der Waals surface area contributed by atoms with Crippen LogP contribution in [0.1, 0.15) is 47.1 Å². The Kier molecular flexibility index (Phi) is 4.73. The van der Waals surface area contributed by atoms with Crippen molar-refractivity contribution in [1.82, 2.24) is 15.6 Å². The number of fused-ring (bicyclic) bond motifs is 5. The second-order valence-electron chi connectivity index (χ2n) is 9.55. The predicted octanol–water partition coefficient (Wildman–Crippen LogP) is 4.49. The van der Waals surface area contributed by atoms with Crippen LogP contribution in [0.25, 0.3) is 0 Å². The van der Waals surface area contributed by atoms with Crippen LogP contribution in [-0.4, -0.2) is 23.0 Å². The lowest BCUT2D eigenvalue weighted by Crippen LogP contribution is -2.34. The van der Waals surface area contributed by atoms with Gasteiger partial charge in [-0.15, -0.1) is 0 Å². The Morgan fingerprint density at radius 3 is 2.97 bits per heavy atom. The van der Waals surface area contributed by atoms with E-state index in [9.17, 15) is 9.59 Å². The van der Waals surface area contributed by atoms with Crippen molar-refractivity contribution in [2.24, 2.45) is 0 Å². The molecule has 2 aliphatic carbocycles. The standard InChI is InChI=1S/C28H24N4O4/c33-24-10-7-18-23(11-12-29-27(18)32-24)35-16-6-9-22-19(13-16)25-20(26(25)36-22)14-30-28(34)31-21-8-5-15-3-1-2-4-17(15)21/h1-4,6,9,11-14,21,25-26H,5,7-8,10H2,(H,29,32,33)(H2,30,31,34). The molecule has 1 fully saturated rings. The maximum Gasteiger partial charge on any atom is 0.319 e. The quantitative estimate of drug-likeness (QED) is 0.511. The monoisotopic (exact) mass is 480 g/mol. The van der Waals surface area contributed by atoms with E-state index in [2.05, 4.69) is 33.1 Å². The Labute approximate surface area is 207 Å². The van der Waals surface area contributed by atoms with Crippen LogP contribution in [0.3, 0.4) is 0 Å². The first-order valence-electron chi connectivity index (χ1n) is 12.2. The van der Waals surface area contributed by atoms with Gasteiger partial charge in [0.25, 0.3) is 0 Å². The van der Waals surface area contributed by atoms with Crippen LogP contribution in [0.2, 0.25) is 0 Å². The highest BCUT2D eigenvalue weighted by molar-refractivity contribution is 5.93. The second-order valence-corrected chi connectivity index (χ2v) is 9.55. The van der Waals surface area contributed by atoms with E-state index >= 15 is 0 Å². The van der Waals surface area contributed by atoms with Gasteiger partial charge in [0.1, 0.15) is 29.2 Å². The van der Waals surface area contributed by atoms with Gasteiger partial charge in [0.05, 0.1) is 12.0 Å². The normalized spacial score (nSPS) is 23.5. The van der Waals surface area contributed by atoms with Gasteiger partial charge in [-0.25, -0.2) is 9.78 Å². The minimum Gasteiger partial charge on any atom is -0.485 e. The molecule has 3 heterocycles.